The maximum Gasteiger partial charge on any atom is 0.200 e. The fourth-order valence-corrected chi connectivity index (χ4v) is 2.37. The first-order valence-corrected chi connectivity index (χ1v) is 6.81. The highest BCUT2D eigenvalue weighted by Gasteiger charge is 2.60. The van der Waals surface area contributed by atoms with Crippen LogP contribution in [-0.4, -0.2) is 120 Å². The van der Waals surface area contributed by atoms with Crippen molar-refractivity contribution in [1.82, 2.24) is 0 Å². The molecule has 1 saturated heterocycles. The Kier molecular flexibility index (Phi) is 6.97. The molecule has 0 saturated carbocycles. The van der Waals surface area contributed by atoms with Crippen LogP contribution in [0.5, 0.6) is 0 Å². The van der Waals surface area contributed by atoms with E-state index in [1.54, 1.807) is 0 Å². The molecular formula is C12H22O11. The number of hydrogen-bond acceptors (Lipinski definition) is 11. The lowest BCUT2D eigenvalue weighted by molar-refractivity contribution is -0.181. The number of carbonyl (C=O) groups excluding carboxylic acids is 1. The Hall–Kier alpha value is -0.730. The van der Waals surface area contributed by atoms with Crippen LogP contribution < -0.4 is 0 Å². The molecule has 0 aliphatic carbocycles. The lowest BCUT2D eigenvalue weighted by atomic mass is 9.85. The van der Waals surface area contributed by atoms with E-state index in [1.807, 2.05) is 0 Å². The third-order valence-electron chi connectivity index (χ3n) is 3.90. The zero-order valence-corrected chi connectivity index (χ0v) is 12.0. The molecule has 9 N–H and O–H groups in total. The zero-order valence-electron chi connectivity index (χ0n) is 12.0. The SMILES string of the molecule is O=C([C@@H](O)[C@@H](O)[C@H](O)[C@H](O)CO)C1(CO)O[C@H](CO)[C@@H](O)[C@@H]1O. The topological polar surface area (TPSA) is 208 Å². The summed E-state index contributed by atoms with van der Waals surface area (Å²) in [6.07, 6.45) is -13.8. The van der Waals surface area contributed by atoms with Crippen molar-refractivity contribution in [2.45, 2.75) is 48.3 Å². The molecular weight excluding hydrogens is 320 g/mol. The second-order valence-electron chi connectivity index (χ2n) is 5.36. The van der Waals surface area contributed by atoms with Crippen LogP contribution in [0.1, 0.15) is 0 Å². The van der Waals surface area contributed by atoms with E-state index < -0.39 is 73.9 Å². The molecule has 1 rings (SSSR count). The lowest BCUT2D eigenvalue weighted by Gasteiger charge is -2.33. The molecule has 11 heteroatoms. The summed E-state index contributed by atoms with van der Waals surface area (Å²) in [7, 11) is 0. The van der Waals surface area contributed by atoms with E-state index in [-0.39, 0.29) is 0 Å². The quantitative estimate of drug-likeness (QED) is 0.203. The maximum absolute atomic E-state index is 12.3. The van der Waals surface area contributed by atoms with Crippen molar-refractivity contribution in [1.29, 1.82) is 0 Å². The van der Waals surface area contributed by atoms with Crippen molar-refractivity contribution in [3.63, 3.8) is 0 Å². The van der Waals surface area contributed by atoms with Crippen LogP contribution in [0.15, 0.2) is 0 Å². The average molecular weight is 342 g/mol. The molecule has 11 nitrogen and oxygen atoms in total. The largest absolute Gasteiger partial charge is 0.394 e. The van der Waals surface area contributed by atoms with Gasteiger partial charge in [0.15, 0.2) is 5.60 Å². The van der Waals surface area contributed by atoms with Crippen molar-refractivity contribution in [2.24, 2.45) is 0 Å². The monoisotopic (exact) mass is 342 g/mol. The Morgan fingerprint density at radius 3 is 2.00 bits per heavy atom. The molecule has 23 heavy (non-hydrogen) atoms. The predicted octanol–water partition coefficient (Wildman–Crippen LogP) is -6.16. The fourth-order valence-electron chi connectivity index (χ4n) is 2.37. The third kappa shape index (κ3) is 3.53. The Morgan fingerprint density at radius 1 is 1.04 bits per heavy atom. The van der Waals surface area contributed by atoms with Gasteiger partial charge in [0.25, 0.3) is 0 Å². The van der Waals surface area contributed by atoms with Crippen LogP contribution in [-0.2, 0) is 9.53 Å². The average Bonchev–Trinajstić information content (AvgIpc) is 2.83. The fraction of sp³-hybridized carbons (Fsp3) is 0.917. The molecule has 8 atom stereocenters. The van der Waals surface area contributed by atoms with Gasteiger partial charge in [-0.3, -0.25) is 4.79 Å². The number of aliphatic hydroxyl groups is 9. The Bertz CT molecular complexity index is 404. The standard InChI is InChI=1S/C12H22O11/c13-1-4(16)6(17)8(19)9(20)11(22)12(3-15)10(21)7(18)5(2-14)23-12/h4-10,13-21H,1-3H2/t4-,5-,6-,7-,8+,9+,10+,12?/m1/s1. The highest BCUT2D eigenvalue weighted by Crippen LogP contribution is 2.33. The molecule has 0 amide bonds. The Balaban J connectivity index is 3.00. The van der Waals surface area contributed by atoms with Crippen LogP contribution in [0.25, 0.3) is 0 Å². The van der Waals surface area contributed by atoms with Gasteiger partial charge in [-0.05, 0) is 0 Å². The second kappa shape index (κ2) is 7.90. The minimum absolute atomic E-state index is 0.794. The normalized spacial score (nSPS) is 36.5. The first kappa shape index (κ1) is 20.3. The summed E-state index contributed by atoms with van der Waals surface area (Å²) in [5, 5.41) is 84.8. The van der Waals surface area contributed by atoms with Gasteiger partial charge in [-0.2, -0.15) is 0 Å². The summed E-state index contributed by atoms with van der Waals surface area (Å²) in [5.74, 6) is -1.47. The van der Waals surface area contributed by atoms with E-state index in [0.717, 1.165) is 0 Å². The summed E-state index contributed by atoms with van der Waals surface area (Å²) < 4.78 is 4.96. The molecule has 0 aromatic rings. The van der Waals surface area contributed by atoms with Crippen molar-refractivity contribution in [2.75, 3.05) is 19.8 Å². The summed E-state index contributed by atoms with van der Waals surface area (Å²) in [4.78, 5) is 12.3. The van der Waals surface area contributed by atoms with Gasteiger partial charge in [0, 0.05) is 0 Å². The zero-order chi connectivity index (χ0) is 17.9. The van der Waals surface area contributed by atoms with Crippen LogP contribution in [0.2, 0.25) is 0 Å². The van der Waals surface area contributed by atoms with E-state index in [1.165, 1.54) is 0 Å². The van der Waals surface area contributed by atoms with Crippen LogP contribution >= 0.6 is 0 Å². The molecule has 1 aliphatic heterocycles. The Labute approximate surface area is 130 Å². The molecule has 0 aromatic carbocycles. The number of rotatable bonds is 8. The molecule has 1 unspecified atom stereocenters. The van der Waals surface area contributed by atoms with E-state index in [4.69, 9.17) is 14.9 Å². The van der Waals surface area contributed by atoms with E-state index in [2.05, 4.69) is 0 Å². The molecule has 136 valence electrons. The molecule has 0 aromatic heterocycles. The number of ketones is 1. The third-order valence-corrected chi connectivity index (χ3v) is 3.90. The molecule has 1 aliphatic rings. The Morgan fingerprint density at radius 2 is 1.61 bits per heavy atom. The van der Waals surface area contributed by atoms with Gasteiger partial charge >= 0.3 is 0 Å². The number of Topliss-reactive ketones (excluding diaryl/α,β-unsaturated/α-hetero) is 1. The number of aliphatic hydroxyl groups excluding tert-OH is 9. The van der Waals surface area contributed by atoms with Crippen molar-refractivity contribution >= 4 is 5.78 Å². The molecule has 1 fully saturated rings. The summed E-state index contributed by atoms with van der Waals surface area (Å²) >= 11 is 0. The van der Waals surface area contributed by atoms with Crippen molar-refractivity contribution in [3.05, 3.63) is 0 Å². The smallest absolute Gasteiger partial charge is 0.200 e. The van der Waals surface area contributed by atoms with Gasteiger partial charge < -0.3 is 50.7 Å². The first-order valence-electron chi connectivity index (χ1n) is 6.81. The van der Waals surface area contributed by atoms with E-state index in [0.29, 0.717) is 0 Å². The minimum atomic E-state index is -2.53. The van der Waals surface area contributed by atoms with Gasteiger partial charge in [-0.25, -0.2) is 0 Å². The predicted molar refractivity (Wildman–Crippen MR) is 69.9 cm³/mol. The molecule has 0 bridgehead atoms. The van der Waals surface area contributed by atoms with Gasteiger partial charge in [0.2, 0.25) is 5.78 Å². The second-order valence-corrected chi connectivity index (χ2v) is 5.36. The van der Waals surface area contributed by atoms with E-state index in [9.17, 15) is 40.5 Å². The molecule has 0 radical (unpaired) electrons. The summed E-state index contributed by atoms with van der Waals surface area (Å²) in [6, 6.07) is 0. The lowest BCUT2D eigenvalue weighted by Crippen LogP contribution is -2.60. The maximum atomic E-state index is 12.3. The van der Waals surface area contributed by atoms with Crippen LogP contribution in [0.4, 0.5) is 0 Å². The van der Waals surface area contributed by atoms with Gasteiger partial charge in [0.05, 0.1) is 19.8 Å². The van der Waals surface area contributed by atoms with Gasteiger partial charge in [-0.15, -0.1) is 0 Å². The van der Waals surface area contributed by atoms with Gasteiger partial charge in [-0.1, -0.05) is 0 Å². The highest BCUT2D eigenvalue weighted by atomic mass is 16.6. The summed E-state index contributed by atoms with van der Waals surface area (Å²) in [6.45, 7) is -2.95. The molecule has 1 heterocycles. The van der Waals surface area contributed by atoms with Gasteiger partial charge in [0.1, 0.15) is 42.7 Å². The number of hydrogen-bond donors (Lipinski definition) is 9. The minimum Gasteiger partial charge on any atom is -0.394 e. The number of carbonyl (C=O) groups is 1. The van der Waals surface area contributed by atoms with E-state index >= 15 is 0 Å². The molecule has 0 spiro atoms. The van der Waals surface area contributed by atoms with Crippen molar-refractivity contribution < 1.29 is 55.5 Å². The highest BCUT2D eigenvalue weighted by molar-refractivity contribution is 5.93. The number of ether oxygens (including phenoxy) is 1. The van der Waals surface area contributed by atoms with Crippen LogP contribution in [0, 0.1) is 0 Å². The van der Waals surface area contributed by atoms with Crippen molar-refractivity contribution in [3.8, 4) is 0 Å². The summed E-state index contributed by atoms with van der Waals surface area (Å²) in [5.41, 5.74) is -2.53. The van der Waals surface area contributed by atoms with Crippen LogP contribution in [0.3, 0.4) is 0 Å². The first-order chi connectivity index (χ1) is 10.7.